The Bertz CT molecular complexity index is 486. The summed E-state index contributed by atoms with van der Waals surface area (Å²) in [5, 5.41) is 1.38. The molecule has 3 rings (SSSR count). The SMILES string of the molecule is N[C@@H]1CCC[C@H](c2c[nH]c3ccccc23)C1. The number of hydrogen-bond acceptors (Lipinski definition) is 1. The molecular formula is C14H18N2. The Hall–Kier alpha value is -1.28. The lowest BCUT2D eigenvalue weighted by molar-refractivity contribution is 0.395. The van der Waals surface area contributed by atoms with Gasteiger partial charge < -0.3 is 10.7 Å². The van der Waals surface area contributed by atoms with E-state index in [0.29, 0.717) is 12.0 Å². The van der Waals surface area contributed by atoms with Gasteiger partial charge >= 0.3 is 0 Å². The van der Waals surface area contributed by atoms with Crippen LogP contribution < -0.4 is 5.73 Å². The highest BCUT2D eigenvalue weighted by Crippen LogP contribution is 2.35. The van der Waals surface area contributed by atoms with Crippen molar-refractivity contribution in [2.75, 3.05) is 0 Å². The Morgan fingerprint density at radius 1 is 1.19 bits per heavy atom. The van der Waals surface area contributed by atoms with Crippen LogP contribution in [0.3, 0.4) is 0 Å². The van der Waals surface area contributed by atoms with Gasteiger partial charge in [-0.25, -0.2) is 0 Å². The number of aromatic amines is 1. The highest BCUT2D eigenvalue weighted by Gasteiger charge is 2.22. The van der Waals surface area contributed by atoms with Crippen molar-refractivity contribution in [2.24, 2.45) is 5.73 Å². The van der Waals surface area contributed by atoms with Gasteiger partial charge in [0.2, 0.25) is 0 Å². The van der Waals surface area contributed by atoms with E-state index in [9.17, 15) is 0 Å². The molecule has 0 spiro atoms. The van der Waals surface area contributed by atoms with Gasteiger partial charge in [0.25, 0.3) is 0 Å². The van der Waals surface area contributed by atoms with Crippen LogP contribution in [0.25, 0.3) is 10.9 Å². The van der Waals surface area contributed by atoms with Crippen LogP contribution >= 0.6 is 0 Å². The lowest BCUT2D eigenvalue weighted by Gasteiger charge is -2.26. The molecular weight excluding hydrogens is 196 g/mol. The van der Waals surface area contributed by atoms with Gasteiger partial charge in [-0.05, 0) is 36.8 Å². The van der Waals surface area contributed by atoms with E-state index in [-0.39, 0.29) is 0 Å². The summed E-state index contributed by atoms with van der Waals surface area (Å²) in [5.74, 6) is 0.653. The van der Waals surface area contributed by atoms with E-state index in [2.05, 4.69) is 35.4 Å². The number of H-pyrrole nitrogens is 1. The first-order valence-corrected chi connectivity index (χ1v) is 6.16. The summed E-state index contributed by atoms with van der Waals surface area (Å²) < 4.78 is 0. The molecule has 1 fully saturated rings. The molecule has 2 atom stereocenters. The molecule has 2 nitrogen and oxygen atoms in total. The van der Waals surface area contributed by atoms with E-state index >= 15 is 0 Å². The normalized spacial score (nSPS) is 26.1. The summed E-state index contributed by atoms with van der Waals surface area (Å²) in [5.41, 5.74) is 8.78. The Morgan fingerprint density at radius 3 is 2.94 bits per heavy atom. The molecule has 1 aromatic heterocycles. The topological polar surface area (TPSA) is 41.8 Å². The van der Waals surface area contributed by atoms with Crippen molar-refractivity contribution in [1.29, 1.82) is 0 Å². The second-order valence-electron chi connectivity index (χ2n) is 4.91. The molecule has 1 aliphatic rings. The minimum absolute atomic E-state index is 0.396. The summed E-state index contributed by atoms with van der Waals surface area (Å²) >= 11 is 0. The maximum Gasteiger partial charge on any atom is 0.0456 e. The van der Waals surface area contributed by atoms with Crippen molar-refractivity contribution in [3.63, 3.8) is 0 Å². The second kappa shape index (κ2) is 3.95. The van der Waals surface area contributed by atoms with Gasteiger partial charge in [0.15, 0.2) is 0 Å². The number of aromatic nitrogens is 1. The van der Waals surface area contributed by atoms with Crippen LogP contribution in [0.15, 0.2) is 30.5 Å². The smallest absolute Gasteiger partial charge is 0.0456 e. The van der Waals surface area contributed by atoms with Crippen LogP contribution in [-0.2, 0) is 0 Å². The van der Waals surface area contributed by atoms with E-state index in [1.54, 1.807) is 0 Å². The average molecular weight is 214 g/mol. The molecule has 0 unspecified atom stereocenters. The van der Waals surface area contributed by atoms with Gasteiger partial charge in [0.1, 0.15) is 0 Å². The monoisotopic (exact) mass is 214 g/mol. The van der Waals surface area contributed by atoms with Crippen LogP contribution in [0.4, 0.5) is 0 Å². The van der Waals surface area contributed by atoms with Gasteiger partial charge in [-0.3, -0.25) is 0 Å². The van der Waals surface area contributed by atoms with E-state index < -0.39 is 0 Å². The second-order valence-corrected chi connectivity index (χ2v) is 4.91. The quantitative estimate of drug-likeness (QED) is 0.752. The molecule has 1 aromatic carbocycles. The predicted molar refractivity (Wildman–Crippen MR) is 67.5 cm³/mol. The van der Waals surface area contributed by atoms with Gasteiger partial charge in [0, 0.05) is 23.1 Å². The maximum atomic E-state index is 6.07. The fraction of sp³-hybridized carbons (Fsp3) is 0.429. The zero-order valence-electron chi connectivity index (χ0n) is 9.45. The lowest BCUT2D eigenvalue weighted by Crippen LogP contribution is -2.26. The molecule has 1 aliphatic carbocycles. The highest BCUT2D eigenvalue weighted by atomic mass is 14.7. The number of nitrogens with one attached hydrogen (secondary N) is 1. The molecule has 16 heavy (non-hydrogen) atoms. The molecule has 84 valence electrons. The number of fused-ring (bicyclic) bond motifs is 1. The van der Waals surface area contributed by atoms with Crippen LogP contribution in [0.1, 0.15) is 37.2 Å². The van der Waals surface area contributed by atoms with Crippen molar-refractivity contribution >= 4 is 10.9 Å². The average Bonchev–Trinajstić information content (AvgIpc) is 2.72. The van der Waals surface area contributed by atoms with Crippen LogP contribution in [0.2, 0.25) is 0 Å². The van der Waals surface area contributed by atoms with Crippen LogP contribution in [0, 0.1) is 0 Å². The van der Waals surface area contributed by atoms with E-state index in [1.807, 2.05) is 0 Å². The molecule has 1 heterocycles. The zero-order valence-corrected chi connectivity index (χ0v) is 9.45. The molecule has 0 radical (unpaired) electrons. The summed E-state index contributed by atoms with van der Waals surface area (Å²) in [4.78, 5) is 3.36. The van der Waals surface area contributed by atoms with Crippen LogP contribution in [-0.4, -0.2) is 11.0 Å². The summed E-state index contributed by atoms with van der Waals surface area (Å²) in [7, 11) is 0. The number of benzene rings is 1. The minimum atomic E-state index is 0.396. The zero-order chi connectivity index (χ0) is 11.0. The maximum absolute atomic E-state index is 6.07. The van der Waals surface area contributed by atoms with Crippen LogP contribution in [0.5, 0.6) is 0 Å². The first-order valence-electron chi connectivity index (χ1n) is 6.16. The Labute approximate surface area is 95.8 Å². The Kier molecular flexibility index (Phi) is 2.44. The largest absolute Gasteiger partial charge is 0.361 e. The first-order chi connectivity index (χ1) is 7.84. The van der Waals surface area contributed by atoms with Gasteiger partial charge in [-0.15, -0.1) is 0 Å². The van der Waals surface area contributed by atoms with Crippen molar-refractivity contribution in [3.8, 4) is 0 Å². The molecule has 0 amide bonds. The number of para-hydroxylation sites is 1. The fourth-order valence-corrected chi connectivity index (χ4v) is 2.94. The summed E-state index contributed by atoms with van der Waals surface area (Å²) in [6.45, 7) is 0. The lowest BCUT2D eigenvalue weighted by atomic mass is 9.81. The van der Waals surface area contributed by atoms with Gasteiger partial charge in [-0.2, -0.15) is 0 Å². The van der Waals surface area contributed by atoms with Crippen molar-refractivity contribution in [2.45, 2.75) is 37.6 Å². The Morgan fingerprint density at radius 2 is 2.06 bits per heavy atom. The van der Waals surface area contributed by atoms with Crippen molar-refractivity contribution in [1.82, 2.24) is 4.98 Å². The van der Waals surface area contributed by atoms with E-state index in [0.717, 1.165) is 6.42 Å². The standard InChI is InChI=1S/C14H18N2/c15-11-5-3-4-10(8-11)13-9-16-14-7-2-1-6-12(13)14/h1-2,6-7,9-11,16H,3-5,8,15H2/t10-,11+/m0/s1. The molecule has 3 N–H and O–H groups in total. The fourth-order valence-electron chi connectivity index (χ4n) is 2.94. The molecule has 1 saturated carbocycles. The number of rotatable bonds is 1. The first kappa shape index (κ1) is 9.91. The van der Waals surface area contributed by atoms with Crippen molar-refractivity contribution < 1.29 is 0 Å². The predicted octanol–water partition coefficient (Wildman–Crippen LogP) is 3.15. The highest BCUT2D eigenvalue weighted by molar-refractivity contribution is 5.83. The summed E-state index contributed by atoms with van der Waals surface area (Å²) in [6.07, 6.45) is 7.06. The third-order valence-electron chi connectivity index (χ3n) is 3.78. The molecule has 0 aliphatic heterocycles. The molecule has 0 bridgehead atoms. The Balaban J connectivity index is 1.99. The molecule has 2 heteroatoms. The number of hydrogen-bond donors (Lipinski definition) is 2. The van der Waals surface area contributed by atoms with E-state index in [4.69, 9.17) is 5.73 Å². The van der Waals surface area contributed by atoms with Gasteiger partial charge in [-0.1, -0.05) is 24.6 Å². The molecule has 0 saturated heterocycles. The number of nitrogens with two attached hydrogens (primary N) is 1. The van der Waals surface area contributed by atoms with E-state index in [1.165, 1.54) is 35.7 Å². The van der Waals surface area contributed by atoms with Crippen molar-refractivity contribution in [3.05, 3.63) is 36.0 Å². The molecule has 2 aromatic rings. The third kappa shape index (κ3) is 1.63. The summed E-state index contributed by atoms with van der Waals surface area (Å²) in [6, 6.07) is 8.94. The third-order valence-corrected chi connectivity index (χ3v) is 3.78. The van der Waals surface area contributed by atoms with Gasteiger partial charge in [0.05, 0.1) is 0 Å². The minimum Gasteiger partial charge on any atom is -0.361 e.